The Balaban J connectivity index is 1.82. The Labute approximate surface area is 126 Å². The van der Waals surface area contributed by atoms with Crippen LogP contribution in [-0.4, -0.2) is 61.2 Å². The lowest BCUT2D eigenvalue weighted by molar-refractivity contribution is -0.0375. The minimum atomic E-state index is -3.36. The van der Waals surface area contributed by atoms with Crippen molar-refractivity contribution in [3.63, 3.8) is 0 Å². The Bertz CT molecular complexity index is 570. The number of rotatable bonds is 6. The minimum absolute atomic E-state index is 0.0342. The van der Waals surface area contributed by atoms with Crippen molar-refractivity contribution in [2.45, 2.75) is 32.9 Å². The number of nitrogens with two attached hydrogens (primary N) is 1. The summed E-state index contributed by atoms with van der Waals surface area (Å²) in [5.74, 6) is 0.0342. The highest BCUT2D eigenvalue weighted by molar-refractivity contribution is 7.89. The number of nitrogens with zero attached hydrogens (tertiary/aromatic N) is 3. The molecule has 21 heavy (non-hydrogen) atoms. The maximum Gasteiger partial charge on any atom is 0.209 e. The molecular weight excluding hydrogens is 292 g/mol. The summed E-state index contributed by atoms with van der Waals surface area (Å²) >= 11 is 0. The predicted molar refractivity (Wildman–Crippen MR) is 80.5 cm³/mol. The van der Waals surface area contributed by atoms with Gasteiger partial charge in [0, 0.05) is 18.8 Å². The first-order valence-corrected chi connectivity index (χ1v) is 8.90. The van der Waals surface area contributed by atoms with E-state index in [0.717, 1.165) is 37.6 Å². The first-order chi connectivity index (χ1) is 9.83. The predicted octanol–water partition coefficient (Wildman–Crippen LogP) is -0.121. The summed E-state index contributed by atoms with van der Waals surface area (Å²) in [6.45, 7) is 7.76. The Morgan fingerprint density at radius 2 is 2.24 bits per heavy atom. The molecule has 2 heterocycles. The summed E-state index contributed by atoms with van der Waals surface area (Å²) in [7, 11) is -3.36. The van der Waals surface area contributed by atoms with Crippen LogP contribution in [0.5, 0.6) is 0 Å². The van der Waals surface area contributed by atoms with Crippen molar-refractivity contribution < 1.29 is 13.2 Å². The van der Waals surface area contributed by atoms with Crippen LogP contribution in [0.2, 0.25) is 0 Å². The molecule has 0 aliphatic carbocycles. The van der Waals surface area contributed by atoms with E-state index >= 15 is 0 Å². The molecule has 1 aromatic rings. The number of sulfonamides is 1. The lowest BCUT2D eigenvalue weighted by atomic mass is 10.2. The molecule has 0 amide bonds. The average Bonchev–Trinajstić information content (AvgIpc) is 2.66. The molecule has 0 aromatic carbocycles. The summed E-state index contributed by atoms with van der Waals surface area (Å²) in [5.41, 5.74) is 2.13. The standard InChI is InChI=1S/C13H24N4O3S/c1-11-8-12(2)17(15-11)10-13-9-16(5-6-20-13)4-3-7-21(14,18)19/h8,13H,3-7,9-10H2,1-2H3,(H2,14,18,19). The largest absolute Gasteiger partial charge is 0.374 e. The van der Waals surface area contributed by atoms with E-state index in [1.807, 2.05) is 24.6 Å². The zero-order valence-electron chi connectivity index (χ0n) is 12.7. The second-order valence-electron chi connectivity index (χ2n) is 5.62. The number of morpholine rings is 1. The van der Waals surface area contributed by atoms with Crippen LogP contribution in [0.3, 0.4) is 0 Å². The van der Waals surface area contributed by atoms with Crippen LogP contribution in [0.4, 0.5) is 0 Å². The van der Waals surface area contributed by atoms with Crippen molar-refractivity contribution in [2.75, 3.05) is 32.0 Å². The SMILES string of the molecule is Cc1cc(C)n(CC2CN(CCCS(N)(=O)=O)CCO2)n1. The molecule has 7 nitrogen and oxygen atoms in total. The van der Waals surface area contributed by atoms with Gasteiger partial charge < -0.3 is 4.74 Å². The maximum atomic E-state index is 10.9. The van der Waals surface area contributed by atoms with Crippen molar-refractivity contribution in [3.05, 3.63) is 17.5 Å². The van der Waals surface area contributed by atoms with Crippen LogP contribution in [0.25, 0.3) is 0 Å². The first-order valence-electron chi connectivity index (χ1n) is 7.19. The van der Waals surface area contributed by atoms with Crippen LogP contribution in [0.15, 0.2) is 6.07 Å². The third kappa shape index (κ3) is 5.39. The van der Waals surface area contributed by atoms with Crippen molar-refractivity contribution in [3.8, 4) is 0 Å². The van der Waals surface area contributed by atoms with Gasteiger partial charge in [-0.2, -0.15) is 5.10 Å². The molecular formula is C13H24N4O3S. The van der Waals surface area contributed by atoms with Gasteiger partial charge in [-0.05, 0) is 32.9 Å². The van der Waals surface area contributed by atoms with E-state index in [1.54, 1.807) is 0 Å². The molecule has 0 spiro atoms. The maximum absolute atomic E-state index is 10.9. The average molecular weight is 316 g/mol. The Morgan fingerprint density at radius 1 is 1.48 bits per heavy atom. The molecule has 1 aliphatic rings. The Hall–Kier alpha value is -0.960. The molecule has 120 valence electrons. The first kappa shape index (κ1) is 16.4. The topological polar surface area (TPSA) is 90.5 Å². The van der Waals surface area contributed by atoms with Crippen molar-refractivity contribution in [1.29, 1.82) is 0 Å². The fraction of sp³-hybridized carbons (Fsp3) is 0.769. The van der Waals surface area contributed by atoms with Crippen LogP contribution in [0.1, 0.15) is 17.8 Å². The van der Waals surface area contributed by atoms with Gasteiger partial charge in [0.15, 0.2) is 0 Å². The quantitative estimate of drug-likeness (QED) is 0.790. The third-order valence-corrected chi connectivity index (χ3v) is 4.46. The van der Waals surface area contributed by atoms with Gasteiger partial charge in [-0.3, -0.25) is 9.58 Å². The Kier molecular flexibility index (Phi) is 5.37. The number of ether oxygens (including phenoxy) is 1. The monoisotopic (exact) mass is 316 g/mol. The molecule has 1 saturated heterocycles. The highest BCUT2D eigenvalue weighted by atomic mass is 32.2. The fourth-order valence-corrected chi connectivity index (χ4v) is 3.17. The molecule has 0 radical (unpaired) electrons. The van der Waals surface area contributed by atoms with Gasteiger partial charge in [-0.1, -0.05) is 0 Å². The van der Waals surface area contributed by atoms with Crippen molar-refractivity contribution in [1.82, 2.24) is 14.7 Å². The lowest BCUT2D eigenvalue weighted by Gasteiger charge is -2.33. The third-order valence-electron chi connectivity index (χ3n) is 3.61. The van der Waals surface area contributed by atoms with Gasteiger partial charge in [0.1, 0.15) is 0 Å². The minimum Gasteiger partial charge on any atom is -0.374 e. The van der Waals surface area contributed by atoms with Crippen LogP contribution >= 0.6 is 0 Å². The summed E-state index contributed by atoms with van der Waals surface area (Å²) in [6.07, 6.45) is 0.650. The number of hydrogen-bond donors (Lipinski definition) is 1. The van der Waals surface area contributed by atoms with Crippen LogP contribution < -0.4 is 5.14 Å². The molecule has 1 aromatic heterocycles. The zero-order chi connectivity index (χ0) is 15.5. The number of primary sulfonamides is 1. The van der Waals surface area contributed by atoms with E-state index in [-0.39, 0.29) is 11.9 Å². The second-order valence-corrected chi connectivity index (χ2v) is 7.36. The molecule has 0 bridgehead atoms. The summed E-state index contributed by atoms with van der Waals surface area (Å²) in [4.78, 5) is 2.23. The van der Waals surface area contributed by atoms with E-state index in [2.05, 4.69) is 10.00 Å². The zero-order valence-corrected chi connectivity index (χ0v) is 13.5. The second kappa shape index (κ2) is 6.87. The molecule has 1 fully saturated rings. The molecule has 2 rings (SSSR count). The Morgan fingerprint density at radius 3 is 2.86 bits per heavy atom. The van der Waals surface area contributed by atoms with Gasteiger partial charge in [0.2, 0.25) is 10.0 Å². The smallest absolute Gasteiger partial charge is 0.209 e. The van der Waals surface area contributed by atoms with Gasteiger partial charge >= 0.3 is 0 Å². The fourth-order valence-electron chi connectivity index (χ4n) is 2.64. The van der Waals surface area contributed by atoms with E-state index in [1.165, 1.54) is 0 Å². The van der Waals surface area contributed by atoms with E-state index in [4.69, 9.17) is 9.88 Å². The number of aromatic nitrogens is 2. The lowest BCUT2D eigenvalue weighted by Crippen LogP contribution is -2.45. The van der Waals surface area contributed by atoms with Crippen molar-refractivity contribution >= 4 is 10.0 Å². The molecule has 1 atom stereocenters. The van der Waals surface area contributed by atoms with Gasteiger partial charge in [0.05, 0.1) is 30.7 Å². The highest BCUT2D eigenvalue weighted by Crippen LogP contribution is 2.10. The highest BCUT2D eigenvalue weighted by Gasteiger charge is 2.21. The molecule has 0 saturated carbocycles. The number of aryl methyl sites for hydroxylation is 2. The molecule has 2 N–H and O–H groups in total. The van der Waals surface area contributed by atoms with Crippen LogP contribution in [-0.2, 0) is 21.3 Å². The van der Waals surface area contributed by atoms with E-state index in [0.29, 0.717) is 13.0 Å². The summed E-state index contributed by atoms with van der Waals surface area (Å²) in [6, 6.07) is 2.05. The van der Waals surface area contributed by atoms with Gasteiger partial charge in [-0.15, -0.1) is 0 Å². The molecule has 1 unspecified atom stereocenters. The van der Waals surface area contributed by atoms with Crippen LogP contribution in [0, 0.1) is 13.8 Å². The van der Waals surface area contributed by atoms with Crippen molar-refractivity contribution in [2.24, 2.45) is 5.14 Å². The van der Waals surface area contributed by atoms with E-state index < -0.39 is 10.0 Å². The number of hydrogen-bond acceptors (Lipinski definition) is 5. The van der Waals surface area contributed by atoms with Gasteiger partial charge in [0.25, 0.3) is 0 Å². The van der Waals surface area contributed by atoms with Gasteiger partial charge in [-0.25, -0.2) is 13.6 Å². The molecule has 1 aliphatic heterocycles. The summed E-state index contributed by atoms with van der Waals surface area (Å²) in [5, 5.41) is 9.46. The normalized spacial score (nSPS) is 20.8. The molecule has 8 heteroatoms. The summed E-state index contributed by atoms with van der Waals surface area (Å²) < 4.78 is 29.6. The van der Waals surface area contributed by atoms with E-state index in [9.17, 15) is 8.42 Å².